The van der Waals surface area contributed by atoms with E-state index in [0.717, 1.165) is 17.7 Å². The van der Waals surface area contributed by atoms with Crippen molar-refractivity contribution in [2.75, 3.05) is 11.4 Å². The lowest BCUT2D eigenvalue weighted by Crippen LogP contribution is -2.55. The molecular formula is C24H23N5O. The molecule has 0 bridgehead atoms. The Morgan fingerprint density at radius 1 is 1.23 bits per heavy atom. The van der Waals surface area contributed by atoms with Gasteiger partial charge in [0.25, 0.3) is 0 Å². The smallest absolute Gasteiger partial charge is 0.243 e. The van der Waals surface area contributed by atoms with Crippen molar-refractivity contribution in [1.29, 1.82) is 15.8 Å². The number of anilines is 1. The molecule has 3 atom stereocenters. The summed E-state index contributed by atoms with van der Waals surface area (Å²) in [4.78, 5) is 15.8. The van der Waals surface area contributed by atoms with Gasteiger partial charge in [-0.15, -0.1) is 0 Å². The summed E-state index contributed by atoms with van der Waals surface area (Å²) in [6.07, 6.45) is 3.99. The van der Waals surface area contributed by atoms with Crippen LogP contribution in [0.25, 0.3) is 0 Å². The van der Waals surface area contributed by atoms with Crippen molar-refractivity contribution in [2.45, 2.75) is 38.5 Å². The Morgan fingerprint density at radius 3 is 2.57 bits per heavy atom. The summed E-state index contributed by atoms with van der Waals surface area (Å²) in [5, 5.41) is 30.3. The summed E-state index contributed by atoms with van der Waals surface area (Å²) in [7, 11) is 0. The SMILES string of the molecule is CCCN1C(=O)[C@]2(C(C#N)=C(N)C(C#N)(C#N)C3=CC[C@@H](C)C[C@H]32)c2ccccc21. The fraction of sp³-hybridized carbons (Fsp3) is 0.417. The Bertz CT molecular complexity index is 1110. The Balaban J connectivity index is 2.16. The average molecular weight is 397 g/mol. The first-order valence-corrected chi connectivity index (χ1v) is 10.3. The van der Waals surface area contributed by atoms with E-state index in [1.165, 1.54) is 0 Å². The molecule has 1 aliphatic heterocycles. The van der Waals surface area contributed by atoms with Crippen molar-refractivity contribution in [1.82, 2.24) is 0 Å². The van der Waals surface area contributed by atoms with Crippen LogP contribution in [0.4, 0.5) is 5.69 Å². The van der Waals surface area contributed by atoms with Gasteiger partial charge < -0.3 is 10.6 Å². The summed E-state index contributed by atoms with van der Waals surface area (Å²) in [5.41, 5.74) is 5.47. The number of hydrogen-bond donors (Lipinski definition) is 1. The van der Waals surface area contributed by atoms with Crippen LogP contribution in [0, 0.1) is 51.2 Å². The van der Waals surface area contributed by atoms with Crippen molar-refractivity contribution >= 4 is 11.6 Å². The topological polar surface area (TPSA) is 118 Å². The Hall–Kier alpha value is -3.56. The quantitative estimate of drug-likeness (QED) is 0.767. The number of amides is 1. The van der Waals surface area contributed by atoms with Gasteiger partial charge in [-0.05, 0) is 42.4 Å². The van der Waals surface area contributed by atoms with Crippen molar-refractivity contribution in [3.05, 3.63) is 52.7 Å². The van der Waals surface area contributed by atoms with Gasteiger partial charge in [-0.1, -0.05) is 38.1 Å². The number of nitrogens with zero attached hydrogens (tertiary/aromatic N) is 4. The number of nitriles is 3. The van der Waals surface area contributed by atoms with E-state index in [9.17, 15) is 20.6 Å². The predicted molar refractivity (Wildman–Crippen MR) is 111 cm³/mol. The second-order valence-electron chi connectivity index (χ2n) is 8.44. The van der Waals surface area contributed by atoms with Crippen LogP contribution in [-0.4, -0.2) is 12.5 Å². The second-order valence-corrected chi connectivity index (χ2v) is 8.44. The molecule has 3 aliphatic rings. The van der Waals surface area contributed by atoms with Gasteiger partial charge in [0.1, 0.15) is 5.41 Å². The molecule has 150 valence electrons. The van der Waals surface area contributed by atoms with Crippen LogP contribution in [-0.2, 0) is 10.2 Å². The molecule has 1 amide bonds. The van der Waals surface area contributed by atoms with Gasteiger partial charge in [-0.3, -0.25) is 4.79 Å². The van der Waals surface area contributed by atoms with E-state index in [1.807, 2.05) is 37.3 Å². The third kappa shape index (κ3) is 2.13. The highest BCUT2D eigenvalue weighted by Crippen LogP contribution is 2.62. The number of allylic oxidation sites excluding steroid dienone is 2. The van der Waals surface area contributed by atoms with Crippen LogP contribution in [0.2, 0.25) is 0 Å². The van der Waals surface area contributed by atoms with Crippen LogP contribution < -0.4 is 10.6 Å². The molecule has 1 aromatic carbocycles. The van der Waals surface area contributed by atoms with Crippen molar-refractivity contribution in [3.8, 4) is 18.2 Å². The number of carbonyl (C=O) groups is 1. The third-order valence-electron chi connectivity index (χ3n) is 6.87. The standard InChI is InChI=1S/C24H23N5O/c1-3-10-29-20-7-5-4-6-17(20)24(22(29)30)18-11-15(2)8-9-16(18)23(13-26,14-27)21(28)19(24)12-25/h4-7,9,15,18H,3,8,10-11,28H2,1-2H3/t15-,18-,24-/m1/s1. The van der Waals surface area contributed by atoms with E-state index in [-0.39, 0.29) is 23.1 Å². The van der Waals surface area contributed by atoms with E-state index in [1.54, 1.807) is 4.90 Å². The van der Waals surface area contributed by atoms with E-state index in [2.05, 4.69) is 25.1 Å². The summed E-state index contributed by atoms with van der Waals surface area (Å²) in [6.45, 7) is 4.62. The summed E-state index contributed by atoms with van der Waals surface area (Å²) >= 11 is 0. The van der Waals surface area contributed by atoms with E-state index in [4.69, 9.17) is 5.73 Å². The van der Waals surface area contributed by atoms with Crippen LogP contribution in [0.3, 0.4) is 0 Å². The molecule has 1 heterocycles. The van der Waals surface area contributed by atoms with Gasteiger partial charge in [-0.2, -0.15) is 15.8 Å². The van der Waals surface area contributed by atoms with Crippen LogP contribution in [0.1, 0.15) is 38.7 Å². The molecule has 4 rings (SSSR count). The normalized spacial score (nSPS) is 28.8. The van der Waals surface area contributed by atoms with Gasteiger partial charge in [0.2, 0.25) is 11.3 Å². The minimum absolute atomic E-state index is 0.0536. The lowest BCUT2D eigenvalue weighted by molar-refractivity contribution is -0.123. The summed E-state index contributed by atoms with van der Waals surface area (Å²) in [5.74, 6) is -0.386. The Morgan fingerprint density at radius 2 is 1.93 bits per heavy atom. The Kier molecular flexibility index (Phi) is 4.44. The molecule has 30 heavy (non-hydrogen) atoms. The fourth-order valence-corrected chi connectivity index (χ4v) is 5.58. The molecule has 0 radical (unpaired) electrons. The monoisotopic (exact) mass is 397 g/mol. The van der Waals surface area contributed by atoms with Crippen LogP contribution in [0.5, 0.6) is 0 Å². The van der Waals surface area contributed by atoms with Gasteiger partial charge in [0, 0.05) is 18.2 Å². The molecule has 6 heteroatoms. The van der Waals surface area contributed by atoms with Crippen LogP contribution in [0.15, 0.2) is 47.2 Å². The third-order valence-corrected chi connectivity index (χ3v) is 6.87. The fourth-order valence-electron chi connectivity index (χ4n) is 5.58. The number of fused-ring (bicyclic) bond motifs is 4. The summed E-state index contributed by atoms with van der Waals surface area (Å²) < 4.78 is 0. The van der Waals surface area contributed by atoms with Gasteiger partial charge in [-0.25, -0.2) is 0 Å². The Labute approximate surface area is 176 Å². The largest absolute Gasteiger partial charge is 0.399 e. The highest BCUT2D eigenvalue weighted by molar-refractivity contribution is 6.12. The first-order chi connectivity index (χ1) is 14.4. The number of nitrogens with two attached hydrogens (primary N) is 1. The zero-order valence-corrected chi connectivity index (χ0v) is 17.1. The molecule has 1 aromatic rings. The molecule has 6 nitrogen and oxygen atoms in total. The number of hydrogen-bond acceptors (Lipinski definition) is 5. The lowest BCUT2D eigenvalue weighted by Gasteiger charge is -2.48. The predicted octanol–water partition coefficient (Wildman–Crippen LogP) is 3.44. The number of para-hydroxylation sites is 1. The highest BCUT2D eigenvalue weighted by atomic mass is 16.2. The minimum atomic E-state index is -1.71. The highest BCUT2D eigenvalue weighted by Gasteiger charge is 2.66. The first-order valence-electron chi connectivity index (χ1n) is 10.3. The average Bonchev–Trinajstić information content (AvgIpc) is 3.00. The molecule has 1 spiro atoms. The van der Waals surface area contributed by atoms with Crippen molar-refractivity contribution in [3.63, 3.8) is 0 Å². The van der Waals surface area contributed by atoms with Crippen LogP contribution >= 0.6 is 0 Å². The maximum Gasteiger partial charge on any atom is 0.243 e. The van der Waals surface area contributed by atoms with Crippen molar-refractivity contribution < 1.29 is 4.79 Å². The number of benzene rings is 1. The first kappa shape index (κ1) is 19.7. The minimum Gasteiger partial charge on any atom is -0.399 e. The molecule has 0 unspecified atom stereocenters. The van der Waals surface area contributed by atoms with Gasteiger partial charge in [0.05, 0.1) is 29.5 Å². The van der Waals surface area contributed by atoms with Gasteiger partial charge >= 0.3 is 0 Å². The van der Waals surface area contributed by atoms with Crippen molar-refractivity contribution in [2.24, 2.45) is 23.0 Å². The molecular weight excluding hydrogens is 374 g/mol. The molecule has 2 aliphatic carbocycles. The number of carbonyl (C=O) groups excluding carboxylic acids is 1. The zero-order chi connectivity index (χ0) is 21.7. The summed E-state index contributed by atoms with van der Waals surface area (Å²) in [6, 6.07) is 13.9. The molecule has 0 aromatic heterocycles. The maximum absolute atomic E-state index is 14.1. The van der Waals surface area contributed by atoms with E-state index in [0.29, 0.717) is 25.0 Å². The number of rotatable bonds is 2. The second kappa shape index (κ2) is 6.75. The van der Waals surface area contributed by atoms with E-state index >= 15 is 0 Å². The zero-order valence-electron chi connectivity index (χ0n) is 17.1. The molecule has 0 saturated heterocycles. The van der Waals surface area contributed by atoms with E-state index < -0.39 is 16.7 Å². The molecule has 2 N–H and O–H groups in total. The van der Waals surface area contributed by atoms with Gasteiger partial charge in [0.15, 0.2) is 0 Å². The molecule has 0 saturated carbocycles. The lowest BCUT2D eigenvalue weighted by atomic mass is 9.50. The molecule has 0 fully saturated rings. The maximum atomic E-state index is 14.1.